The molecule has 0 spiro atoms. The highest BCUT2D eigenvalue weighted by atomic mass is 16.6. The normalized spacial score (nSPS) is 15.9. The van der Waals surface area contributed by atoms with E-state index in [1.165, 1.54) is 50.7 Å². The zero-order valence-corrected chi connectivity index (χ0v) is 13.6. The number of aryl methyl sites for hydroxylation is 1. The van der Waals surface area contributed by atoms with Gasteiger partial charge >= 0.3 is 0 Å². The van der Waals surface area contributed by atoms with Gasteiger partial charge in [0.05, 0.1) is 4.92 Å². The average molecular weight is 319 g/mol. The second-order valence-electron chi connectivity index (χ2n) is 6.21. The second-order valence-corrected chi connectivity index (χ2v) is 6.21. The first-order chi connectivity index (χ1) is 11.1. The van der Waals surface area contributed by atoms with Crippen molar-refractivity contribution in [3.05, 3.63) is 39.4 Å². The number of rotatable bonds is 6. The molecule has 0 bridgehead atoms. The Morgan fingerprint density at radius 3 is 2.52 bits per heavy atom. The maximum absolute atomic E-state index is 12.1. The molecular weight excluding hydrogens is 294 g/mol. The number of hydrogen-bond acceptors (Lipinski definition) is 4. The summed E-state index contributed by atoms with van der Waals surface area (Å²) in [5, 5.41) is 17.2. The lowest BCUT2D eigenvalue weighted by molar-refractivity contribution is -0.384. The molecule has 0 heterocycles. The summed E-state index contributed by atoms with van der Waals surface area (Å²) in [5.74, 6) is -0.264. The average Bonchev–Trinajstić information content (AvgIpc) is 2.79. The van der Waals surface area contributed by atoms with Crippen molar-refractivity contribution in [2.45, 2.75) is 51.5 Å². The van der Waals surface area contributed by atoms with Gasteiger partial charge in [-0.25, -0.2) is 0 Å². The molecule has 126 valence electrons. The molecule has 1 aromatic carbocycles. The smallest absolute Gasteiger partial charge is 0.270 e. The summed E-state index contributed by atoms with van der Waals surface area (Å²) in [6.07, 6.45) is 7.60. The van der Waals surface area contributed by atoms with Crippen molar-refractivity contribution in [3.63, 3.8) is 0 Å². The molecule has 0 atom stereocenters. The largest absolute Gasteiger partial charge is 0.351 e. The van der Waals surface area contributed by atoms with E-state index in [1.807, 2.05) is 0 Å². The van der Waals surface area contributed by atoms with Crippen molar-refractivity contribution >= 4 is 11.6 Å². The lowest BCUT2D eigenvalue weighted by atomic mass is 10.1. The minimum Gasteiger partial charge on any atom is -0.351 e. The summed E-state index contributed by atoms with van der Waals surface area (Å²) in [7, 11) is 0. The molecule has 1 amide bonds. The van der Waals surface area contributed by atoms with Gasteiger partial charge in [-0.2, -0.15) is 0 Å². The number of nitro groups is 1. The number of carbonyl (C=O) groups excluding carboxylic acids is 1. The van der Waals surface area contributed by atoms with Gasteiger partial charge in [0.1, 0.15) is 0 Å². The number of nitrogens with zero attached hydrogens (tertiary/aromatic N) is 1. The van der Waals surface area contributed by atoms with E-state index in [2.05, 4.69) is 10.6 Å². The van der Waals surface area contributed by atoms with Crippen molar-refractivity contribution in [2.24, 2.45) is 0 Å². The van der Waals surface area contributed by atoms with Crippen molar-refractivity contribution < 1.29 is 9.72 Å². The predicted molar refractivity (Wildman–Crippen MR) is 89.7 cm³/mol. The van der Waals surface area contributed by atoms with Crippen LogP contribution >= 0.6 is 0 Å². The first kappa shape index (κ1) is 17.4. The Morgan fingerprint density at radius 1 is 1.17 bits per heavy atom. The fraction of sp³-hybridized carbons (Fsp3) is 0.588. The van der Waals surface area contributed by atoms with Crippen LogP contribution in [0.4, 0.5) is 5.69 Å². The third kappa shape index (κ3) is 5.63. The molecule has 0 radical (unpaired) electrons. The van der Waals surface area contributed by atoms with Gasteiger partial charge in [0.25, 0.3) is 11.6 Å². The second kappa shape index (κ2) is 8.62. The highest BCUT2D eigenvalue weighted by Crippen LogP contribution is 2.17. The van der Waals surface area contributed by atoms with E-state index in [9.17, 15) is 14.9 Å². The SMILES string of the molecule is Cc1cc(C(=O)NCCNC2CCCCCC2)cc([N+](=O)[O-])c1. The van der Waals surface area contributed by atoms with Crippen LogP contribution in [0.3, 0.4) is 0 Å². The molecule has 0 unspecified atom stereocenters. The molecule has 0 aliphatic heterocycles. The zero-order valence-electron chi connectivity index (χ0n) is 13.6. The molecule has 0 saturated heterocycles. The Bertz CT molecular complexity index is 552. The van der Waals surface area contributed by atoms with Crippen LogP contribution in [0.25, 0.3) is 0 Å². The molecule has 1 aromatic rings. The summed E-state index contributed by atoms with van der Waals surface area (Å²) in [6, 6.07) is 5.00. The van der Waals surface area contributed by atoms with Gasteiger partial charge in [-0.1, -0.05) is 25.7 Å². The van der Waals surface area contributed by atoms with E-state index in [1.54, 1.807) is 13.0 Å². The molecule has 2 rings (SSSR count). The van der Waals surface area contributed by atoms with Gasteiger partial charge in [0, 0.05) is 36.8 Å². The third-order valence-electron chi connectivity index (χ3n) is 4.23. The molecule has 6 nitrogen and oxygen atoms in total. The molecule has 1 aliphatic rings. The maximum atomic E-state index is 12.1. The maximum Gasteiger partial charge on any atom is 0.270 e. The molecular formula is C17H25N3O3. The monoisotopic (exact) mass is 319 g/mol. The Labute approximate surface area is 136 Å². The quantitative estimate of drug-likeness (QED) is 0.365. The van der Waals surface area contributed by atoms with E-state index in [0.29, 0.717) is 23.7 Å². The predicted octanol–water partition coefficient (Wildman–Crippen LogP) is 2.95. The van der Waals surface area contributed by atoms with Gasteiger partial charge in [0.15, 0.2) is 0 Å². The summed E-state index contributed by atoms with van der Waals surface area (Å²) < 4.78 is 0. The topological polar surface area (TPSA) is 84.3 Å². The van der Waals surface area contributed by atoms with E-state index < -0.39 is 4.92 Å². The van der Waals surface area contributed by atoms with Crippen molar-refractivity contribution in [1.29, 1.82) is 0 Å². The number of hydrogen-bond donors (Lipinski definition) is 2. The molecule has 1 fully saturated rings. The molecule has 1 saturated carbocycles. The summed E-state index contributed by atoms with van der Waals surface area (Å²) >= 11 is 0. The van der Waals surface area contributed by atoms with Gasteiger partial charge < -0.3 is 10.6 Å². The molecule has 2 N–H and O–H groups in total. The first-order valence-corrected chi connectivity index (χ1v) is 8.34. The van der Waals surface area contributed by atoms with Crippen molar-refractivity contribution in [1.82, 2.24) is 10.6 Å². The summed E-state index contributed by atoms with van der Waals surface area (Å²) in [6.45, 7) is 3.00. The van der Waals surface area contributed by atoms with Crippen LogP contribution in [-0.4, -0.2) is 30.0 Å². The van der Waals surface area contributed by atoms with Crippen LogP contribution in [0.5, 0.6) is 0 Å². The van der Waals surface area contributed by atoms with E-state index >= 15 is 0 Å². The van der Waals surface area contributed by atoms with Gasteiger partial charge in [-0.05, 0) is 31.4 Å². The number of carbonyl (C=O) groups is 1. The van der Waals surface area contributed by atoms with Crippen LogP contribution < -0.4 is 10.6 Å². The van der Waals surface area contributed by atoms with Crippen LogP contribution in [0.1, 0.15) is 54.4 Å². The van der Waals surface area contributed by atoms with Crippen LogP contribution in [0, 0.1) is 17.0 Å². The van der Waals surface area contributed by atoms with Gasteiger partial charge in [0.2, 0.25) is 0 Å². The fourth-order valence-electron chi connectivity index (χ4n) is 3.04. The van der Waals surface area contributed by atoms with Crippen molar-refractivity contribution in [3.8, 4) is 0 Å². The van der Waals surface area contributed by atoms with Crippen LogP contribution in [-0.2, 0) is 0 Å². The summed E-state index contributed by atoms with van der Waals surface area (Å²) in [4.78, 5) is 22.5. The summed E-state index contributed by atoms with van der Waals surface area (Å²) in [5.41, 5.74) is 0.999. The Balaban J connectivity index is 1.79. The highest BCUT2D eigenvalue weighted by molar-refractivity contribution is 5.95. The number of benzene rings is 1. The van der Waals surface area contributed by atoms with Gasteiger partial charge in [-0.3, -0.25) is 14.9 Å². The number of amides is 1. The minimum atomic E-state index is -0.475. The minimum absolute atomic E-state index is 0.0493. The Hall–Kier alpha value is -1.95. The molecule has 23 heavy (non-hydrogen) atoms. The van der Waals surface area contributed by atoms with E-state index in [-0.39, 0.29) is 11.6 Å². The standard InChI is InChI=1S/C17H25N3O3/c1-13-10-14(12-16(11-13)20(22)23)17(21)19-9-8-18-15-6-4-2-3-5-7-15/h10-12,15,18H,2-9H2,1H3,(H,19,21). The number of nitrogens with one attached hydrogen (secondary N) is 2. The Morgan fingerprint density at radius 2 is 1.87 bits per heavy atom. The molecule has 0 aromatic heterocycles. The highest BCUT2D eigenvalue weighted by Gasteiger charge is 2.14. The Kier molecular flexibility index (Phi) is 6.52. The van der Waals surface area contributed by atoms with E-state index in [0.717, 1.165) is 6.54 Å². The van der Waals surface area contributed by atoms with Gasteiger partial charge in [-0.15, -0.1) is 0 Å². The third-order valence-corrected chi connectivity index (χ3v) is 4.23. The number of non-ortho nitro benzene ring substituents is 1. The van der Waals surface area contributed by atoms with E-state index in [4.69, 9.17) is 0 Å². The number of nitro benzene ring substituents is 1. The molecule has 6 heteroatoms. The fourth-order valence-corrected chi connectivity index (χ4v) is 3.04. The zero-order chi connectivity index (χ0) is 16.7. The van der Waals surface area contributed by atoms with Crippen LogP contribution in [0.15, 0.2) is 18.2 Å². The lowest BCUT2D eigenvalue weighted by Crippen LogP contribution is -2.36. The van der Waals surface area contributed by atoms with Crippen LogP contribution in [0.2, 0.25) is 0 Å². The lowest BCUT2D eigenvalue weighted by Gasteiger charge is -2.16. The first-order valence-electron chi connectivity index (χ1n) is 8.34. The molecule has 1 aliphatic carbocycles. The van der Waals surface area contributed by atoms with Crippen molar-refractivity contribution in [2.75, 3.05) is 13.1 Å².